The molecule has 0 aliphatic carbocycles. The maximum Gasteiger partial charge on any atom is 0.226 e. The summed E-state index contributed by atoms with van der Waals surface area (Å²) in [5.74, 6) is 0.833. The van der Waals surface area contributed by atoms with Crippen molar-refractivity contribution in [1.29, 1.82) is 0 Å². The third-order valence-corrected chi connectivity index (χ3v) is 6.89. The van der Waals surface area contributed by atoms with Crippen molar-refractivity contribution >= 4 is 11.8 Å². The molecule has 1 aromatic rings. The van der Waals surface area contributed by atoms with E-state index in [-0.39, 0.29) is 17.4 Å². The van der Waals surface area contributed by atoms with E-state index in [1.54, 1.807) is 0 Å². The zero-order valence-corrected chi connectivity index (χ0v) is 18.1. The first-order valence-electron chi connectivity index (χ1n) is 11.4. The van der Waals surface area contributed by atoms with Crippen LogP contribution in [-0.2, 0) is 25.5 Å². The van der Waals surface area contributed by atoms with Crippen molar-refractivity contribution in [3.05, 3.63) is 35.4 Å². The van der Waals surface area contributed by atoms with E-state index in [2.05, 4.69) is 19.1 Å². The number of rotatable bonds is 4. The van der Waals surface area contributed by atoms with Gasteiger partial charge >= 0.3 is 0 Å². The minimum Gasteiger partial charge on any atom is -0.378 e. The molecule has 0 radical (unpaired) electrons. The topological polar surface area (TPSA) is 59.1 Å². The van der Waals surface area contributed by atoms with E-state index in [1.807, 2.05) is 21.9 Å². The molecule has 0 bridgehead atoms. The normalized spacial score (nSPS) is 24.1. The number of carbonyl (C=O) groups is 2. The second kappa shape index (κ2) is 9.48. The quantitative estimate of drug-likeness (QED) is 0.760. The second-order valence-electron chi connectivity index (χ2n) is 9.13. The van der Waals surface area contributed by atoms with Crippen molar-refractivity contribution in [1.82, 2.24) is 9.80 Å². The van der Waals surface area contributed by atoms with Crippen LogP contribution in [0.25, 0.3) is 0 Å². The van der Waals surface area contributed by atoms with Crippen LogP contribution in [0.4, 0.5) is 0 Å². The number of amides is 2. The van der Waals surface area contributed by atoms with Crippen molar-refractivity contribution in [2.75, 3.05) is 46.0 Å². The lowest BCUT2D eigenvalue weighted by molar-refractivity contribution is -0.150. The Hall–Kier alpha value is -1.92. The van der Waals surface area contributed by atoms with Crippen molar-refractivity contribution < 1.29 is 19.1 Å². The third-order valence-electron chi connectivity index (χ3n) is 6.89. The van der Waals surface area contributed by atoms with E-state index in [1.165, 1.54) is 5.56 Å². The zero-order chi connectivity index (χ0) is 21.0. The molecule has 0 N–H and O–H groups in total. The molecule has 1 spiro atoms. The van der Waals surface area contributed by atoms with Crippen LogP contribution >= 0.6 is 0 Å². The lowest BCUT2D eigenvalue weighted by Crippen LogP contribution is -2.51. The van der Waals surface area contributed by atoms with Crippen LogP contribution in [-0.4, -0.2) is 73.2 Å². The fourth-order valence-electron chi connectivity index (χ4n) is 5.11. The van der Waals surface area contributed by atoms with Gasteiger partial charge in [0.2, 0.25) is 11.8 Å². The summed E-state index contributed by atoms with van der Waals surface area (Å²) in [4.78, 5) is 29.3. The smallest absolute Gasteiger partial charge is 0.226 e. The van der Waals surface area contributed by atoms with E-state index in [9.17, 15) is 9.59 Å². The van der Waals surface area contributed by atoms with Crippen LogP contribution in [0.15, 0.2) is 24.3 Å². The lowest BCUT2D eigenvalue weighted by Gasteiger charge is -2.46. The minimum absolute atomic E-state index is 0.158. The number of likely N-dealkylation sites (tertiary alicyclic amines) is 1. The first kappa shape index (κ1) is 21.3. The lowest BCUT2D eigenvalue weighted by atomic mass is 9.78. The van der Waals surface area contributed by atoms with Crippen molar-refractivity contribution in [2.45, 2.75) is 51.0 Å². The molecule has 30 heavy (non-hydrogen) atoms. The molecule has 3 aliphatic rings. The monoisotopic (exact) mass is 414 g/mol. The number of ether oxygens (including phenoxy) is 2. The van der Waals surface area contributed by atoms with Gasteiger partial charge in [-0.25, -0.2) is 0 Å². The molecule has 6 heteroatoms. The molecular weight excluding hydrogens is 380 g/mol. The Morgan fingerprint density at radius 2 is 1.77 bits per heavy atom. The highest BCUT2D eigenvalue weighted by Crippen LogP contribution is 2.39. The van der Waals surface area contributed by atoms with Crippen LogP contribution in [0.5, 0.6) is 0 Å². The van der Waals surface area contributed by atoms with Crippen LogP contribution in [0.2, 0.25) is 0 Å². The number of nitrogens with zero attached hydrogens (tertiary/aromatic N) is 2. The summed E-state index contributed by atoms with van der Waals surface area (Å²) < 4.78 is 11.6. The van der Waals surface area contributed by atoms with E-state index in [0.29, 0.717) is 45.1 Å². The maximum absolute atomic E-state index is 12.8. The summed E-state index contributed by atoms with van der Waals surface area (Å²) in [6.07, 6.45) is 4.70. The second-order valence-corrected chi connectivity index (χ2v) is 9.13. The zero-order valence-electron chi connectivity index (χ0n) is 18.1. The molecule has 3 heterocycles. The van der Waals surface area contributed by atoms with Gasteiger partial charge in [0.15, 0.2) is 0 Å². The molecule has 164 valence electrons. The average Bonchev–Trinajstić information content (AvgIpc) is 2.75. The Morgan fingerprint density at radius 1 is 1.03 bits per heavy atom. The van der Waals surface area contributed by atoms with Gasteiger partial charge in [-0.2, -0.15) is 0 Å². The summed E-state index contributed by atoms with van der Waals surface area (Å²) in [5, 5.41) is 0. The molecule has 0 saturated carbocycles. The molecule has 1 unspecified atom stereocenters. The van der Waals surface area contributed by atoms with Gasteiger partial charge in [0.25, 0.3) is 0 Å². The Bertz CT molecular complexity index is 751. The van der Waals surface area contributed by atoms with Crippen LogP contribution in [0, 0.1) is 12.8 Å². The molecule has 3 aliphatic heterocycles. The summed E-state index contributed by atoms with van der Waals surface area (Å²) in [5.41, 5.74) is 2.11. The van der Waals surface area contributed by atoms with E-state index in [0.717, 1.165) is 50.9 Å². The van der Waals surface area contributed by atoms with Gasteiger partial charge in [-0.05, 0) is 44.1 Å². The predicted molar refractivity (Wildman–Crippen MR) is 114 cm³/mol. The summed E-state index contributed by atoms with van der Waals surface area (Å²) in [6, 6.07) is 8.18. The number of piperidine rings is 1. The Balaban J connectivity index is 1.27. The number of carbonyl (C=O) groups excluding carboxylic acids is 2. The fraction of sp³-hybridized carbons (Fsp3) is 0.667. The average molecular weight is 415 g/mol. The molecule has 6 nitrogen and oxygen atoms in total. The van der Waals surface area contributed by atoms with Crippen molar-refractivity contribution in [3.63, 3.8) is 0 Å². The first-order valence-corrected chi connectivity index (χ1v) is 11.4. The highest BCUT2D eigenvalue weighted by atomic mass is 16.5. The summed E-state index contributed by atoms with van der Waals surface area (Å²) in [7, 11) is 0. The van der Waals surface area contributed by atoms with Gasteiger partial charge in [0, 0.05) is 39.2 Å². The van der Waals surface area contributed by atoms with E-state index in [4.69, 9.17) is 9.47 Å². The van der Waals surface area contributed by atoms with Gasteiger partial charge in [0.1, 0.15) is 0 Å². The first-order chi connectivity index (χ1) is 14.5. The summed E-state index contributed by atoms with van der Waals surface area (Å²) in [6.45, 7) is 6.99. The molecule has 1 atom stereocenters. The summed E-state index contributed by atoms with van der Waals surface area (Å²) >= 11 is 0. The van der Waals surface area contributed by atoms with Gasteiger partial charge in [-0.3, -0.25) is 9.59 Å². The van der Waals surface area contributed by atoms with Crippen LogP contribution in [0.3, 0.4) is 0 Å². The highest BCUT2D eigenvalue weighted by molar-refractivity contribution is 5.79. The SMILES string of the molecule is Cc1cccc(CC(=O)N2CCC3(CC2)CC(CC(=O)N2CCOCC2)CCO3)c1. The number of aryl methyl sites for hydroxylation is 1. The molecule has 4 rings (SSSR count). The van der Waals surface area contributed by atoms with Gasteiger partial charge in [-0.15, -0.1) is 0 Å². The standard InChI is InChI=1S/C24H34N2O4/c1-19-3-2-4-20(15-19)16-22(27)25-8-6-24(7-9-25)18-21(5-12-30-24)17-23(28)26-10-13-29-14-11-26/h2-4,15,21H,5-14,16-18H2,1H3. The van der Waals surface area contributed by atoms with E-state index < -0.39 is 0 Å². The molecule has 1 aromatic carbocycles. The van der Waals surface area contributed by atoms with Crippen LogP contribution < -0.4 is 0 Å². The molecule has 0 aromatic heterocycles. The predicted octanol–water partition coefficient (Wildman–Crippen LogP) is 2.57. The Labute approximate surface area is 179 Å². The molecule has 3 fully saturated rings. The van der Waals surface area contributed by atoms with Gasteiger partial charge < -0.3 is 19.3 Å². The van der Waals surface area contributed by atoms with Gasteiger partial charge in [-0.1, -0.05) is 29.8 Å². The molecular formula is C24H34N2O4. The molecule has 2 amide bonds. The van der Waals surface area contributed by atoms with Crippen molar-refractivity contribution in [2.24, 2.45) is 5.92 Å². The molecule has 3 saturated heterocycles. The largest absolute Gasteiger partial charge is 0.378 e. The van der Waals surface area contributed by atoms with Crippen molar-refractivity contribution in [3.8, 4) is 0 Å². The number of hydrogen-bond acceptors (Lipinski definition) is 4. The number of hydrogen-bond donors (Lipinski definition) is 0. The Kier molecular flexibility index (Phi) is 6.74. The maximum atomic E-state index is 12.8. The number of morpholine rings is 1. The Morgan fingerprint density at radius 3 is 2.50 bits per heavy atom. The van der Waals surface area contributed by atoms with E-state index >= 15 is 0 Å². The fourth-order valence-corrected chi connectivity index (χ4v) is 5.11. The third kappa shape index (κ3) is 5.22. The number of benzene rings is 1. The highest BCUT2D eigenvalue weighted by Gasteiger charge is 2.41. The van der Waals surface area contributed by atoms with Crippen LogP contribution in [0.1, 0.15) is 43.2 Å². The minimum atomic E-state index is -0.158. The van der Waals surface area contributed by atoms with Gasteiger partial charge in [0.05, 0.1) is 25.2 Å².